The van der Waals surface area contributed by atoms with Gasteiger partial charge in [-0.25, -0.2) is 0 Å². The topological polar surface area (TPSA) is 25.0 Å². The van der Waals surface area contributed by atoms with Gasteiger partial charge in [-0.2, -0.15) is 0 Å². The fraction of sp³-hybridized carbons (Fsp3) is 0.448. The summed E-state index contributed by atoms with van der Waals surface area (Å²) in [5, 5.41) is 1.24. The highest BCUT2D eigenvalue weighted by atomic mass is 16.5. The number of aromatic nitrogens is 1. The minimum Gasteiger partial charge on any atom is -0.501 e. The predicted molar refractivity (Wildman–Crippen MR) is 136 cm³/mol. The smallest absolute Gasteiger partial charge is 0.0925 e. The van der Waals surface area contributed by atoms with E-state index in [1.54, 1.807) is 7.11 Å². The second-order valence-corrected chi connectivity index (χ2v) is 10.7. The average Bonchev–Trinajstić information content (AvgIpc) is 3.10. The minimum atomic E-state index is -0.0989. The summed E-state index contributed by atoms with van der Waals surface area (Å²) in [6, 6.07) is 6.54. The number of allylic oxidation sites excluding steroid dienone is 5. The van der Waals surface area contributed by atoms with Gasteiger partial charge >= 0.3 is 0 Å². The van der Waals surface area contributed by atoms with Gasteiger partial charge in [0.25, 0.3) is 0 Å². The maximum atomic E-state index is 5.78. The van der Waals surface area contributed by atoms with Gasteiger partial charge < -0.3 is 9.72 Å². The molecule has 2 nitrogen and oxygen atoms in total. The number of ether oxygens (including phenoxy) is 1. The van der Waals surface area contributed by atoms with E-state index in [-0.39, 0.29) is 11.3 Å². The standard InChI is InChI=1S/C29H39NO/c1-9-21-13-16-24-25(18-21)30-27-26(24)20(2)22(12-10-11-17-28(3,4)5)14-15-23(31-8)19-29(27,6)7/h9-10,12-13,15-16,18,22,30H,1-2,11,14,17,19H2,3-8H3/b12-10+,23-15+. The number of hydrogen-bond donors (Lipinski definition) is 1. The number of nitrogens with one attached hydrogen (secondary N) is 1. The zero-order chi connectivity index (χ0) is 22.8. The van der Waals surface area contributed by atoms with Gasteiger partial charge in [0.15, 0.2) is 0 Å². The van der Waals surface area contributed by atoms with E-state index < -0.39 is 0 Å². The lowest BCUT2D eigenvalue weighted by atomic mass is 9.80. The molecule has 2 aromatic rings. The Bertz CT molecular complexity index is 1020. The lowest BCUT2D eigenvalue weighted by Crippen LogP contribution is -2.20. The molecule has 2 heteroatoms. The molecule has 0 spiro atoms. The third-order valence-corrected chi connectivity index (χ3v) is 6.41. The molecule has 0 fully saturated rings. The largest absolute Gasteiger partial charge is 0.501 e. The molecule has 31 heavy (non-hydrogen) atoms. The first-order valence-corrected chi connectivity index (χ1v) is 11.4. The van der Waals surface area contributed by atoms with E-state index in [9.17, 15) is 0 Å². The average molecular weight is 418 g/mol. The van der Waals surface area contributed by atoms with Crippen LogP contribution in [0, 0.1) is 11.3 Å². The fourth-order valence-corrected chi connectivity index (χ4v) is 4.49. The van der Waals surface area contributed by atoms with Crippen LogP contribution in [0.3, 0.4) is 0 Å². The highest BCUT2D eigenvalue weighted by Gasteiger charge is 2.32. The highest BCUT2D eigenvalue weighted by molar-refractivity contribution is 5.96. The van der Waals surface area contributed by atoms with Crippen LogP contribution < -0.4 is 0 Å². The van der Waals surface area contributed by atoms with Crippen LogP contribution in [0.25, 0.3) is 22.6 Å². The van der Waals surface area contributed by atoms with E-state index in [4.69, 9.17) is 4.74 Å². The predicted octanol–water partition coefficient (Wildman–Crippen LogP) is 8.42. The van der Waals surface area contributed by atoms with Crippen LogP contribution in [0.5, 0.6) is 0 Å². The van der Waals surface area contributed by atoms with Gasteiger partial charge in [0.05, 0.1) is 12.9 Å². The van der Waals surface area contributed by atoms with Gasteiger partial charge in [-0.3, -0.25) is 0 Å². The second kappa shape index (κ2) is 8.94. The Kier molecular flexibility index (Phi) is 6.69. The van der Waals surface area contributed by atoms with Crippen molar-refractivity contribution in [2.45, 2.75) is 65.7 Å². The molecule has 1 aliphatic rings. The van der Waals surface area contributed by atoms with Crippen molar-refractivity contribution in [1.82, 2.24) is 4.98 Å². The molecule has 0 aliphatic heterocycles. The van der Waals surface area contributed by atoms with Crippen molar-refractivity contribution in [2.75, 3.05) is 7.11 Å². The van der Waals surface area contributed by atoms with Gasteiger partial charge in [0.1, 0.15) is 0 Å². The minimum absolute atomic E-state index is 0.0989. The molecule has 1 heterocycles. The summed E-state index contributed by atoms with van der Waals surface area (Å²) in [5.41, 5.74) is 6.21. The molecule has 1 aromatic carbocycles. The maximum Gasteiger partial charge on any atom is 0.0925 e. The number of hydrogen-bond acceptors (Lipinski definition) is 1. The molecule has 1 unspecified atom stereocenters. The summed E-state index contributed by atoms with van der Waals surface area (Å²) in [4.78, 5) is 3.74. The first-order chi connectivity index (χ1) is 14.6. The molecule has 3 rings (SSSR count). The molecule has 1 atom stereocenters. The van der Waals surface area contributed by atoms with Crippen molar-refractivity contribution in [1.29, 1.82) is 0 Å². The van der Waals surface area contributed by atoms with E-state index in [1.807, 2.05) is 6.08 Å². The summed E-state index contributed by atoms with van der Waals surface area (Å²) < 4.78 is 5.78. The molecule has 1 N–H and O–H groups in total. The molecule has 0 saturated carbocycles. The first-order valence-electron chi connectivity index (χ1n) is 11.4. The Morgan fingerprint density at radius 3 is 2.65 bits per heavy atom. The number of rotatable bonds is 5. The maximum absolute atomic E-state index is 5.78. The Hall–Kier alpha value is -2.48. The number of fused-ring (bicyclic) bond motifs is 3. The van der Waals surface area contributed by atoms with Gasteiger partial charge in [-0.05, 0) is 48.0 Å². The van der Waals surface area contributed by atoms with Crippen LogP contribution in [-0.2, 0) is 10.2 Å². The summed E-state index contributed by atoms with van der Waals surface area (Å²) in [6.45, 7) is 20.0. The van der Waals surface area contributed by atoms with Crippen LogP contribution in [0.15, 0.2) is 55.3 Å². The summed E-state index contributed by atoms with van der Waals surface area (Å²) in [5.74, 6) is 1.29. The third kappa shape index (κ3) is 5.23. The second-order valence-electron chi connectivity index (χ2n) is 10.7. The van der Waals surface area contributed by atoms with Gasteiger partial charge in [0, 0.05) is 39.9 Å². The fourth-order valence-electron chi connectivity index (χ4n) is 4.49. The monoisotopic (exact) mass is 417 g/mol. The van der Waals surface area contributed by atoms with Crippen molar-refractivity contribution >= 4 is 22.6 Å². The number of benzene rings is 1. The van der Waals surface area contributed by atoms with Gasteiger partial charge in [0.2, 0.25) is 0 Å². The number of aromatic amines is 1. The quantitative estimate of drug-likeness (QED) is 0.485. The Morgan fingerprint density at radius 1 is 1.26 bits per heavy atom. The molecular weight excluding hydrogens is 378 g/mol. The van der Waals surface area contributed by atoms with Crippen LogP contribution in [-0.4, -0.2) is 12.1 Å². The van der Waals surface area contributed by atoms with E-state index in [0.717, 1.165) is 36.1 Å². The van der Waals surface area contributed by atoms with Crippen molar-refractivity contribution in [3.63, 3.8) is 0 Å². The highest BCUT2D eigenvalue weighted by Crippen LogP contribution is 2.43. The molecule has 1 aliphatic carbocycles. The lowest BCUT2D eigenvalue weighted by Gasteiger charge is -2.26. The van der Waals surface area contributed by atoms with E-state index in [2.05, 4.69) is 89.2 Å². The number of methoxy groups -OCH3 is 1. The molecule has 0 bridgehead atoms. The van der Waals surface area contributed by atoms with Gasteiger partial charge in [-0.15, -0.1) is 0 Å². The van der Waals surface area contributed by atoms with Crippen molar-refractivity contribution < 1.29 is 4.74 Å². The van der Waals surface area contributed by atoms with Crippen LogP contribution >= 0.6 is 0 Å². The van der Waals surface area contributed by atoms with Crippen LogP contribution in [0.4, 0.5) is 0 Å². The van der Waals surface area contributed by atoms with Crippen LogP contribution in [0.1, 0.15) is 77.1 Å². The van der Waals surface area contributed by atoms with Crippen LogP contribution in [0.2, 0.25) is 0 Å². The molecule has 0 amide bonds. The van der Waals surface area contributed by atoms with Gasteiger partial charge in [-0.1, -0.05) is 78.1 Å². The summed E-state index contributed by atoms with van der Waals surface area (Å²) in [6.07, 6.45) is 12.9. The molecule has 1 aromatic heterocycles. The van der Waals surface area contributed by atoms with Crippen molar-refractivity contribution in [2.24, 2.45) is 11.3 Å². The van der Waals surface area contributed by atoms with E-state index in [0.29, 0.717) is 5.41 Å². The Balaban J connectivity index is 2.10. The Labute approximate surface area is 188 Å². The lowest BCUT2D eigenvalue weighted by molar-refractivity contribution is 0.253. The first kappa shape index (κ1) is 23.2. The van der Waals surface area contributed by atoms with Crippen molar-refractivity contribution in [3.8, 4) is 0 Å². The molecule has 166 valence electrons. The van der Waals surface area contributed by atoms with E-state index in [1.165, 1.54) is 28.6 Å². The zero-order valence-electron chi connectivity index (χ0n) is 20.3. The number of H-pyrrole nitrogens is 1. The normalized spacial score (nSPS) is 21.2. The van der Waals surface area contributed by atoms with E-state index >= 15 is 0 Å². The summed E-state index contributed by atoms with van der Waals surface area (Å²) in [7, 11) is 1.78. The third-order valence-electron chi connectivity index (χ3n) is 6.41. The zero-order valence-corrected chi connectivity index (χ0v) is 20.3. The molecular formula is C29H39NO. The SMILES string of the molecule is C=Cc1ccc2c3c([nH]c2c1)C(C)(C)C/C(OC)=C\CC(/C=C/CCC(C)(C)C)C3=C. The Morgan fingerprint density at radius 2 is 2.00 bits per heavy atom. The molecule has 0 saturated heterocycles. The summed E-state index contributed by atoms with van der Waals surface area (Å²) >= 11 is 0. The molecule has 0 radical (unpaired) electrons. The van der Waals surface area contributed by atoms with Crippen molar-refractivity contribution in [3.05, 3.63) is 72.2 Å².